The van der Waals surface area contributed by atoms with Crippen LogP contribution in [0.5, 0.6) is 0 Å². The predicted octanol–water partition coefficient (Wildman–Crippen LogP) is 2.84. The summed E-state index contributed by atoms with van der Waals surface area (Å²) in [5.41, 5.74) is -6.52. The van der Waals surface area contributed by atoms with E-state index in [-0.39, 0.29) is 0 Å². The van der Waals surface area contributed by atoms with Crippen molar-refractivity contribution in [2.45, 2.75) is 26.2 Å². The van der Waals surface area contributed by atoms with E-state index in [1.54, 1.807) is 0 Å². The number of carbonyl (C=O) groups is 1. The van der Waals surface area contributed by atoms with Gasteiger partial charge in [-0.05, 0) is 13.8 Å². The first-order valence-corrected chi connectivity index (χ1v) is 4.18. The van der Waals surface area contributed by atoms with E-state index in [9.17, 15) is 31.1 Å². The smallest absolute Gasteiger partial charge is 0.395 e. The van der Waals surface area contributed by atoms with Gasteiger partial charge in [0.15, 0.2) is 0 Å². The zero-order valence-corrected chi connectivity index (χ0v) is 8.20. The molecule has 1 aliphatic carbocycles. The Kier molecular flexibility index (Phi) is 2.32. The molecule has 0 heterocycles. The first-order valence-electron chi connectivity index (χ1n) is 4.18. The third-order valence-electron chi connectivity index (χ3n) is 3.57. The Bertz CT molecular complexity index is 306. The number of carboxylic acid groups (broad SMARTS) is 1. The summed E-state index contributed by atoms with van der Waals surface area (Å²) in [6.45, 7) is 0.582. The second-order valence-electron chi connectivity index (χ2n) is 4.17. The highest BCUT2D eigenvalue weighted by molar-refractivity contribution is 5.77. The molecule has 2 unspecified atom stereocenters. The van der Waals surface area contributed by atoms with Crippen molar-refractivity contribution in [3.05, 3.63) is 0 Å². The number of hydrogen-bond donors (Lipinski definition) is 1. The highest BCUT2D eigenvalue weighted by Gasteiger charge is 2.92. The summed E-state index contributed by atoms with van der Waals surface area (Å²) < 4.78 is 75.0. The highest BCUT2D eigenvalue weighted by atomic mass is 19.4. The van der Waals surface area contributed by atoms with Gasteiger partial charge in [0.25, 0.3) is 0 Å². The Morgan fingerprint density at radius 3 is 1.31 bits per heavy atom. The SMILES string of the molecule is CC1(C(F)(F)F)C(C(=O)O)C1(C)C(F)(F)F. The molecule has 0 aromatic carbocycles. The Morgan fingerprint density at radius 2 is 1.25 bits per heavy atom. The summed E-state index contributed by atoms with van der Waals surface area (Å²) in [6, 6.07) is 0. The fourth-order valence-corrected chi connectivity index (χ4v) is 2.21. The van der Waals surface area contributed by atoms with Gasteiger partial charge in [-0.25, -0.2) is 0 Å². The van der Waals surface area contributed by atoms with Gasteiger partial charge in [-0.1, -0.05) is 0 Å². The van der Waals surface area contributed by atoms with Crippen molar-refractivity contribution in [3.63, 3.8) is 0 Å². The monoisotopic (exact) mass is 250 g/mol. The first-order chi connectivity index (χ1) is 6.82. The summed E-state index contributed by atoms with van der Waals surface area (Å²) >= 11 is 0. The molecule has 0 bridgehead atoms. The number of hydrogen-bond acceptors (Lipinski definition) is 1. The van der Waals surface area contributed by atoms with Crippen molar-refractivity contribution in [2.75, 3.05) is 0 Å². The van der Waals surface area contributed by atoms with Gasteiger partial charge in [0.1, 0.15) is 0 Å². The van der Waals surface area contributed by atoms with Crippen LogP contribution in [0.3, 0.4) is 0 Å². The van der Waals surface area contributed by atoms with Crippen LogP contribution < -0.4 is 0 Å². The molecule has 0 aromatic rings. The average molecular weight is 250 g/mol. The van der Waals surface area contributed by atoms with Gasteiger partial charge < -0.3 is 5.11 Å². The molecule has 1 saturated carbocycles. The molecule has 0 spiro atoms. The number of alkyl halides is 6. The first kappa shape index (κ1) is 13.1. The third kappa shape index (κ3) is 1.18. The number of halogens is 6. The van der Waals surface area contributed by atoms with Crippen molar-refractivity contribution in [2.24, 2.45) is 16.7 Å². The second-order valence-corrected chi connectivity index (χ2v) is 4.17. The van der Waals surface area contributed by atoms with Gasteiger partial charge in [-0.2, -0.15) is 26.3 Å². The lowest BCUT2D eigenvalue weighted by Gasteiger charge is -2.23. The van der Waals surface area contributed by atoms with Crippen LogP contribution in [-0.2, 0) is 4.79 Å². The lowest BCUT2D eigenvalue weighted by molar-refractivity contribution is -0.245. The topological polar surface area (TPSA) is 37.3 Å². The van der Waals surface area contributed by atoms with E-state index in [1.807, 2.05) is 0 Å². The maximum Gasteiger partial charge on any atom is 0.395 e. The minimum absolute atomic E-state index is 0.291. The maximum absolute atomic E-state index is 12.5. The molecule has 16 heavy (non-hydrogen) atoms. The average Bonchev–Trinajstić information content (AvgIpc) is 2.49. The summed E-state index contributed by atoms with van der Waals surface area (Å²) in [6.07, 6.45) is -10.4. The van der Waals surface area contributed by atoms with Gasteiger partial charge in [0.2, 0.25) is 0 Å². The molecule has 1 aliphatic rings. The van der Waals surface area contributed by atoms with Crippen LogP contribution in [0.15, 0.2) is 0 Å². The van der Waals surface area contributed by atoms with Crippen molar-refractivity contribution in [3.8, 4) is 0 Å². The van der Waals surface area contributed by atoms with Crippen LogP contribution in [0.1, 0.15) is 13.8 Å². The largest absolute Gasteiger partial charge is 0.481 e. The van der Waals surface area contributed by atoms with Crippen LogP contribution in [0.2, 0.25) is 0 Å². The van der Waals surface area contributed by atoms with Crippen LogP contribution in [-0.4, -0.2) is 23.4 Å². The van der Waals surface area contributed by atoms with Crippen LogP contribution in [0.4, 0.5) is 26.3 Å². The molecule has 2 atom stereocenters. The van der Waals surface area contributed by atoms with Crippen molar-refractivity contribution in [1.82, 2.24) is 0 Å². The molecule has 1 fully saturated rings. The van der Waals surface area contributed by atoms with E-state index in [1.165, 1.54) is 0 Å². The zero-order valence-electron chi connectivity index (χ0n) is 8.20. The molecular weight excluding hydrogens is 242 g/mol. The van der Waals surface area contributed by atoms with E-state index in [4.69, 9.17) is 5.11 Å². The Hall–Kier alpha value is -0.950. The summed E-state index contributed by atoms with van der Waals surface area (Å²) in [5, 5.41) is 8.45. The Labute approximate surface area is 86.2 Å². The number of carboxylic acids is 1. The molecule has 1 N–H and O–H groups in total. The standard InChI is InChI=1S/C8H8F6O2/c1-5(7(9,10)11)3(4(15)16)6(5,2)8(12,13)14/h3H,1-2H3,(H,15,16). The maximum atomic E-state index is 12.5. The molecule has 2 nitrogen and oxygen atoms in total. The van der Waals surface area contributed by atoms with Crippen LogP contribution in [0.25, 0.3) is 0 Å². The molecule has 8 heteroatoms. The third-order valence-corrected chi connectivity index (χ3v) is 3.57. The summed E-state index contributed by atoms with van der Waals surface area (Å²) in [5.74, 6) is -4.57. The lowest BCUT2D eigenvalue weighted by Crippen LogP contribution is -2.35. The molecule has 0 amide bonds. The fraction of sp³-hybridized carbons (Fsp3) is 0.875. The quantitative estimate of drug-likeness (QED) is 0.726. The fourth-order valence-electron chi connectivity index (χ4n) is 2.21. The summed E-state index contributed by atoms with van der Waals surface area (Å²) in [4.78, 5) is 10.5. The molecule has 94 valence electrons. The van der Waals surface area contributed by atoms with Crippen molar-refractivity contribution >= 4 is 5.97 Å². The molecule has 0 radical (unpaired) electrons. The van der Waals surface area contributed by atoms with E-state index in [2.05, 4.69) is 0 Å². The van der Waals surface area contributed by atoms with Gasteiger partial charge in [-0.15, -0.1) is 0 Å². The molecule has 0 aromatic heterocycles. The van der Waals surface area contributed by atoms with Gasteiger partial charge in [0, 0.05) is 0 Å². The second kappa shape index (κ2) is 2.84. The molecule has 0 aliphatic heterocycles. The summed E-state index contributed by atoms with van der Waals surface area (Å²) in [7, 11) is 0. The molecular formula is C8H8F6O2. The Morgan fingerprint density at radius 1 is 1.00 bits per heavy atom. The lowest BCUT2D eigenvalue weighted by atomic mass is 9.95. The van der Waals surface area contributed by atoms with Crippen molar-refractivity contribution in [1.29, 1.82) is 0 Å². The molecule has 1 rings (SSSR count). The van der Waals surface area contributed by atoms with Crippen molar-refractivity contribution < 1.29 is 36.2 Å². The minimum atomic E-state index is -5.21. The normalized spacial score (nSPS) is 39.6. The van der Waals surface area contributed by atoms with E-state index in [0.717, 1.165) is 0 Å². The highest BCUT2D eigenvalue weighted by Crippen LogP contribution is 2.80. The minimum Gasteiger partial charge on any atom is -0.481 e. The van der Waals surface area contributed by atoms with Gasteiger partial charge in [-0.3, -0.25) is 4.79 Å². The number of rotatable bonds is 1. The van der Waals surface area contributed by atoms with Crippen LogP contribution >= 0.6 is 0 Å². The van der Waals surface area contributed by atoms with E-state index >= 15 is 0 Å². The van der Waals surface area contributed by atoms with Gasteiger partial charge in [0.05, 0.1) is 16.7 Å². The van der Waals surface area contributed by atoms with Crippen LogP contribution in [0, 0.1) is 16.7 Å². The molecule has 0 saturated heterocycles. The number of aliphatic carboxylic acids is 1. The van der Waals surface area contributed by atoms with E-state index < -0.39 is 35.1 Å². The Balaban J connectivity index is 3.29. The van der Waals surface area contributed by atoms with Gasteiger partial charge >= 0.3 is 18.3 Å². The predicted molar refractivity (Wildman–Crippen MR) is 39.4 cm³/mol. The van der Waals surface area contributed by atoms with E-state index in [0.29, 0.717) is 13.8 Å². The zero-order chi connectivity index (χ0) is 13.2.